The lowest BCUT2D eigenvalue weighted by Crippen LogP contribution is -2.15. The maximum atomic E-state index is 11.9. The Morgan fingerprint density at radius 2 is 2.06 bits per heavy atom. The lowest BCUT2D eigenvalue weighted by atomic mass is 10.1. The molecule has 0 fully saturated rings. The Balaban J connectivity index is 3.16. The van der Waals surface area contributed by atoms with Crippen molar-refractivity contribution < 1.29 is 14.3 Å². The van der Waals surface area contributed by atoms with E-state index in [0.717, 1.165) is 10.4 Å². The SMILES string of the molecule is CCOC(=O)c1c(NC(=O)CCl)sc(C)c1CC. The molecule has 0 spiro atoms. The number of thiophene rings is 1. The van der Waals surface area contributed by atoms with Gasteiger partial charge in [-0.2, -0.15) is 0 Å². The molecule has 100 valence electrons. The summed E-state index contributed by atoms with van der Waals surface area (Å²) in [6, 6.07) is 0. The summed E-state index contributed by atoms with van der Waals surface area (Å²) < 4.78 is 5.02. The lowest BCUT2D eigenvalue weighted by Gasteiger charge is -2.06. The van der Waals surface area contributed by atoms with Crippen LogP contribution in [0.15, 0.2) is 0 Å². The van der Waals surface area contributed by atoms with Crippen molar-refractivity contribution >= 4 is 39.8 Å². The van der Waals surface area contributed by atoms with E-state index in [4.69, 9.17) is 16.3 Å². The van der Waals surface area contributed by atoms with Crippen LogP contribution in [0.4, 0.5) is 5.00 Å². The molecule has 0 saturated heterocycles. The molecular formula is C12H16ClNO3S. The standard InChI is InChI=1S/C12H16ClNO3S/c1-4-8-7(3)18-11(14-9(15)6-13)10(8)12(16)17-5-2/h4-6H2,1-3H3,(H,14,15). The first-order valence-electron chi connectivity index (χ1n) is 5.70. The minimum Gasteiger partial charge on any atom is -0.462 e. The summed E-state index contributed by atoms with van der Waals surface area (Å²) in [6.45, 7) is 5.94. The van der Waals surface area contributed by atoms with Crippen LogP contribution in [-0.2, 0) is 16.0 Å². The molecule has 1 heterocycles. The molecule has 1 aromatic rings. The van der Waals surface area contributed by atoms with Crippen LogP contribution < -0.4 is 5.32 Å². The fourth-order valence-corrected chi connectivity index (χ4v) is 2.89. The topological polar surface area (TPSA) is 55.4 Å². The third-order valence-electron chi connectivity index (χ3n) is 2.42. The predicted octanol–water partition coefficient (Wildman–Crippen LogP) is 2.97. The third-order valence-corrected chi connectivity index (χ3v) is 3.72. The van der Waals surface area contributed by atoms with Gasteiger partial charge in [-0.1, -0.05) is 6.92 Å². The zero-order valence-corrected chi connectivity index (χ0v) is 12.2. The smallest absolute Gasteiger partial charge is 0.341 e. The molecule has 0 aliphatic rings. The van der Waals surface area contributed by atoms with Crippen molar-refractivity contribution in [2.24, 2.45) is 0 Å². The predicted molar refractivity (Wildman–Crippen MR) is 73.7 cm³/mol. The highest BCUT2D eigenvalue weighted by Gasteiger charge is 2.23. The first-order chi connectivity index (χ1) is 8.54. The number of alkyl halides is 1. The Bertz CT molecular complexity index is 456. The van der Waals surface area contributed by atoms with Gasteiger partial charge in [0.2, 0.25) is 5.91 Å². The van der Waals surface area contributed by atoms with Gasteiger partial charge in [-0.3, -0.25) is 4.79 Å². The van der Waals surface area contributed by atoms with Gasteiger partial charge in [-0.05, 0) is 25.8 Å². The molecular weight excluding hydrogens is 274 g/mol. The molecule has 18 heavy (non-hydrogen) atoms. The molecule has 1 aromatic heterocycles. The molecule has 1 N–H and O–H groups in total. The largest absolute Gasteiger partial charge is 0.462 e. The van der Waals surface area contributed by atoms with E-state index in [1.807, 2.05) is 13.8 Å². The number of anilines is 1. The van der Waals surface area contributed by atoms with Crippen LogP contribution in [0.3, 0.4) is 0 Å². The van der Waals surface area contributed by atoms with Crippen LogP contribution in [0.5, 0.6) is 0 Å². The highest BCUT2D eigenvalue weighted by Crippen LogP contribution is 2.34. The van der Waals surface area contributed by atoms with E-state index in [2.05, 4.69) is 5.32 Å². The van der Waals surface area contributed by atoms with Gasteiger partial charge in [-0.25, -0.2) is 4.79 Å². The number of halogens is 1. The second kappa shape index (κ2) is 6.75. The van der Waals surface area contributed by atoms with Crippen LogP contribution >= 0.6 is 22.9 Å². The highest BCUT2D eigenvalue weighted by molar-refractivity contribution is 7.16. The van der Waals surface area contributed by atoms with Gasteiger partial charge in [0.1, 0.15) is 10.9 Å². The summed E-state index contributed by atoms with van der Waals surface area (Å²) in [5, 5.41) is 3.16. The van der Waals surface area contributed by atoms with Crippen LogP contribution in [0.2, 0.25) is 0 Å². The van der Waals surface area contributed by atoms with Gasteiger partial charge in [0.15, 0.2) is 0 Å². The lowest BCUT2D eigenvalue weighted by molar-refractivity contribution is -0.113. The van der Waals surface area contributed by atoms with Crippen LogP contribution in [0, 0.1) is 6.92 Å². The summed E-state index contributed by atoms with van der Waals surface area (Å²) in [5.74, 6) is -0.865. The van der Waals surface area contributed by atoms with Crippen molar-refractivity contribution in [3.63, 3.8) is 0 Å². The molecule has 0 radical (unpaired) electrons. The fourth-order valence-electron chi connectivity index (χ4n) is 1.67. The molecule has 0 atom stereocenters. The molecule has 0 unspecified atom stereocenters. The normalized spacial score (nSPS) is 10.2. The van der Waals surface area contributed by atoms with E-state index in [9.17, 15) is 9.59 Å². The fraction of sp³-hybridized carbons (Fsp3) is 0.500. The van der Waals surface area contributed by atoms with Gasteiger partial charge in [0, 0.05) is 4.88 Å². The summed E-state index contributed by atoms with van der Waals surface area (Å²) in [6.07, 6.45) is 0.716. The first kappa shape index (κ1) is 15.0. The van der Waals surface area contributed by atoms with Crippen molar-refractivity contribution in [2.75, 3.05) is 17.8 Å². The molecule has 6 heteroatoms. The monoisotopic (exact) mass is 289 g/mol. The maximum absolute atomic E-state index is 11.9. The molecule has 4 nitrogen and oxygen atoms in total. The Morgan fingerprint density at radius 1 is 1.39 bits per heavy atom. The summed E-state index contributed by atoms with van der Waals surface area (Å²) in [4.78, 5) is 24.3. The Morgan fingerprint density at radius 3 is 2.56 bits per heavy atom. The van der Waals surface area contributed by atoms with Crippen LogP contribution in [0.25, 0.3) is 0 Å². The average molecular weight is 290 g/mol. The van der Waals surface area contributed by atoms with E-state index in [0.29, 0.717) is 23.6 Å². The Labute approximate surface area is 115 Å². The van der Waals surface area contributed by atoms with E-state index >= 15 is 0 Å². The minimum atomic E-state index is -0.399. The number of rotatable bonds is 5. The van der Waals surface area contributed by atoms with E-state index in [1.165, 1.54) is 11.3 Å². The summed E-state index contributed by atoms with van der Waals surface area (Å²) >= 11 is 6.82. The maximum Gasteiger partial charge on any atom is 0.341 e. The third kappa shape index (κ3) is 3.23. The Kier molecular flexibility index (Phi) is 5.62. The number of hydrogen-bond donors (Lipinski definition) is 1. The summed E-state index contributed by atoms with van der Waals surface area (Å²) in [5.41, 5.74) is 1.38. The van der Waals surface area contributed by atoms with Gasteiger partial charge in [-0.15, -0.1) is 22.9 Å². The average Bonchev–Trinajstić information content (AvgIpc) is 2.65. The number of esters is 1. The number of ether oxygens (including phenoxy) is 1. The second-order valence-corrected chi connectivity index (χ2v) is 5.09. The Hall–Kier alpha value is -1.07. The van der Waals surface area contributed by atoms with Crippen LogP contribution in [-0.4, -0.2) is 24.4 Å². The molecule has 0 aliphatic carbocycles. The highest BCUT2D eigenvalue weighted by atomic mass is 35.5. The number of carbonyl (C=O) groups excluding carboxylic acids is 2. The quantitative estimate of drug-likeness (QED) is 0.670. The van der Waals surface area contributed by atoms with Crippen molar-refractivity contribution in [3.05, 3.63) is 16.0 Å². The van der Waals surface area contributed by atoms with Gasteiger partial charge in [0.25, 0.3) is 0 Å². The molecule has 1 amide bonds. The number of aryl methyl sites for hydroxylation is 1. The van der Waals surface area contributed by atoms with E-state index in [-0.39, 0.29) is 11.8 Å². The van der Waals surface area contributed by atoms with E-state index in [1.54, 1.807) is 6.92 Å². The van der Waals surface area contributed by atoms with Gasteiger partial charge < -0.3 is 10.1 Å². The minimum absolute atomic E-state index is 0.138. The number of amides is 1. The second-order valence-electron chi connectivity index (χ2n) is 3.60. The number of carbonyl (C=O) groups is 2. The zero-order chi connectivity index (χ0) is 13.7. The molecule has 0 aliphatic heterocycles. The van der Waals surface area contributed by atoms with Crippen molar-refractivity contribution in [3.8, 4) is 0 Å². The van der Waals surface area contributed by atoms with E-state index < -0.39 is 5.97 Å². The number of hydrogen-bond acceptors (Lipinski definition) is 4. The summed E-state index contributed by atoms with van der Waals surface area (Å²) in [7, 11) is 0. The molecule has 1 rings (SSSR count). The molecule has 0 aromatic carbocycles. The van der Waals surface area contributed by atoms with Crippen molar-refractivity contribution in [1.82, 2.24) is 0 Å². The van der Waals surface area contributed by atoms with Crippen molar-refractivity contribution in [1.29, 1.82) is 0 Å². The van der Waals surface area contributed by atoms with Crippen molar-refractivity contribution in [2.45, 2.75) is 27.2 Å². The van der Waals surface area contributed by atoms with Crippen LogP contribution in [0.1, 0.15) is 34.6 Å². The molecule has 0 bridgehead atoms. The zero-order valence-electron chi connectivity index (χ0n) is 10.6. The van der Waals surface area contributed by atoms with Gasteiger partial charge in [0.05, 0.1) is 12.2 Å². The first-order valence-corrected chi connectivity index (χ1v) is 7.05. The number of nitrogens with one attached hydrogen (secondary N) is 1. The molecule has 0 saturated carbocycles. The van der Waals surface area contributed by atoms with Gasteiger partial charge >= 0.3 is 5.97 Å².